The molecule has 1 aromatic heterocycles. The lowest BCUT2D eigenvalue weighted by Crippen LogP contribution is -1.99. The van der Waals surface area contributed by atoms with Crippen molar-refractivity contribution in [1.82, 2.24) is 4.98 Å². The van der Waals surface area contributed by atoms with Crippen molar-refractivity contribution in [3.05, 3.63) is 29.3 Å². The molecule has 80 valence electrons. The molecular weight excluding hydrogens is 206 g/mol. The van der Waals surface area contributed by atoms with Gasteiger partial charge in [-0.2, -0.15) is 0 Å². The molecule has 2 rings (SSSR count). The van der Waals surface area contributed by atoms with Gasteiger partial charge in [0.05, 0.1) is 21.3 Å². The van der Waals surface area contributed by atoms with Gasteiger partial charge in [-0.25, -0.2) is 4.98 Å². The maximum Gasteiger partial charge on any atom is 0.0938 e. The zero-order valence-electron chi connectivity index (χ0n) is 8.81. The van der Waals surface area contributed by atoms with E-state index in [1.807, 2.05) is 25.1 Å². The maximum absolute atomic E-state index is 9.15. The summed E-state index contributed by atoms with van der Waals surface area (Å²) in [5.41, 5.74) is 1.09. The van der Waals surface area contributed by atoms with E-state index in [4.69, 9.17) is 5.11 Å². The molecule has 1 atom stereocenters. The Labute approximate surface area is 93.6 Å². The summed E-state index contributed by atoms with van der Waals surface area (Å²) in [6, 6.07) is 8.21. The summed E-state index contributed by atoms with van der Waals surface area (Å²) in [4.78, 5) is 4.55. The minimum absolute atomic E-state index is 0.195. The number of aromatic nitrogens is 1. The third kappa shape index (κ3) is 2.76. The number of aryl methyl sites for hydroxylation is 1. The molecule has 0 saturated carbocycles. The first-order chi connectivity index (χ1) is 7.25. The molecule has 0 aliphatic heterocycles. The molecule has 0 radical (unpaired) electrons. The van der Waals surface area contributed by atoms with Crippen molar-refractivity contribution in [3.63, 3.8) is 0 Å². The quantitative estimate of drug-likeness (QED) is 0.861. The van der Waals surface area contributed by atoms with Crippen molar-refractivity contribution in [2.24, 2.45) is 0 Å². The maximum atomic E-state index is 9.15. The number of thiazole rings is 1. The normalized spacial score (nSPS) is 13.2. The Morgan fingerprint density at radius 1 is 1.40 bits per heavy atom. The van der Waals surface area contributed by atoms with Crippen LogP contribution in [0.1, 0.15) is 24.8 Å². The van der Waals surface area contributed by atoms with Crippen LogP contribution in [0.25, 0.3) is 10.2 Å². The second-order valence-electron chi connectivity index (χ2n) is 3.82. The van der Waals surface area contributed by atoms with Crippen molar-refractivity contribution in [3.8, 4) is 0 Å². The van der Waals surface area contributed by atoms with Crippen molar-refractivity contribution in [2.45, 2.75) is 32.3 Å². The van der Waals surface area contributed by atoms with E-state index in [-0.39, 0.29) is 6.10 Å². The minimum atomic E-state index is -0.195. The number of rotatable bonds is 4. The van der Waals surface area contributed by atoms with Crippen molar-refractivity contribution < 1.29 is 5.11 Å². The van der Waals surface area contributed by atoms with Gasteiger partial charge >= 0.3 is 0 Å². The van der Waals surface area contributed by atoms with Gasteiger partial charge in [0.2, 0.25) is 0 Å². The molecule has 0 saturated heterocycles. The van der Waals surface area contributed by atoms with Gasteiger partial charge < -0.3 is 5.11 Å². The summed E-state index contributed by atoms with van der Waals surface area (Å²) in [6.07, 6.45) is 2.65. The molecule has 1 aromatic carbocycles. The lowest BCUT2D eigenvalue weighted by Gasteiger charge is -2.00. The fourth-order valence-corrected chi connectivity index (χ4v) is 2.58. The van der Waals surface area contributed by atoms with E-state index < -0.39 is 0 Å². The van der Waals surface area contributed by atoms with Gasteiger partial charge in [-0.05, 0) is 38.3 Å². The Bertz CT molecular complexity index is 403. The van der Waals surface area contributed by atoms with Crippen LogP contribution < -0.4 is 0 Å². The van der Waals surface area contributed by atoms with E-state index in [2.05, 4.69) is 11.1 Å². The van der Waals surface area contributed by atoms with Crippen LogP contribution in [0.4, 0.5) is 0 Å². The molecule has 0 fully saturated rings. The summed E-state index contributed by atoms with van der Waals surface area (Å²) in [7, 11) is 0. The summed E-state index contributed by atoms with van der Waals surface area (Å²) in [5, 5.41) is 10.3. The highest BCUT2D eigenvalue weighted by Gasteiger charge is 2.03. The SMILES string of the molecule is C[C@@H](O)CCCc1nc2ccccc2s1. The molecule has 1 N–H and O–H groups in total. The molecule has 0 aliphatic rings. The average molecular weight is 221 g/mol. The van der Waals surface area contributed by atoms with Crippen molar-refractivity contribution in [1.29, 1.82) is 0 Å². The van der Waals surface area contributed by atoms with Gasteiger partial charge in [0.15, 0.2) is 0 Å². The first-order valence-electron chi connectivity index (χ1n) is 5.28. The third-order valence-corrected chi connectivity index (χ3v) is 3.45. The van der Waals surface area contributed by atoms with E-state index in [1.54, 1.807) is 11.3 Å². The van der Waals surface area contributed by atoms with E-state index in [9.17, 15) is 0 Å². The van der Waals surface area contributed by atoms with Crippen LogP contribution in [-0.4, -0.2) is 16.2 Å². The molecule has 0 spiro atoms. The Hall–Kier alpha value is -0.930. The second kappa shape index (κ2) is 4.73. The summed E-state index contributed by atoms with van der Waals surface area (Å²) in [6.45, 7) is 1.83. The van der Waals surface area contributed by atoms with Crippen LogP contribution in [0.3, 0.4) is 0 Å². The van der Waals surface area contributed by atoms with Gasteiger partial charge in [0.25, 0.3) is 0 Å². The molecule has 1 heterocycles. The number of benzene rings is 1. The lowest BCUT2D eigenvalue weighted by molar-refractivity contribution is 0.182. The number of hydrogen-bond donors (Lipinski definition) is 1. The van der Waals surface area contributed by atoms with Crippen LogP contribution in [-0.2, 0) is 6.42 Å². The smallest absolute Gasteiger partial charge is 0.0938 e. The van der Waals surface area contributed by atoms with Gasteiger partial charge in [-0.15, -0.1) is 11.3 Å². The Kier molecular flexibility index (Phi) is 3.34. The fourth-order valence-electron chi connectivity index (χ4n) is 1.58. The Balaban J connectivity index is 2.03. The van der Waals surface area contributed by atoms with E-state index in [0.717, 1.165) is 24.8 Å². The molecule has 0 aliphatic carbocycles. The molecule has 15 heavy (non-hydrogen) atoms. The van der Waals surface area contributed by atoms with E-state index >= 15 is 0 Å². The van der Waals surface area contributed by atoms with Crippen LogP contribution in [0.5, 0.6) is 0 Å². The van der Waals surface area contributed by atoms with Crippen LogP contribution in [0, 0.1) is 0 Å². The first-order valence-corrected chi connectivity index (χ1v) is 6.10. The number of fused-ring (bicyclic) bond motifs is 1. The highest BCUT2D eigenvalue weighted by atomic mass is 32.1. The van der Waals surface area contributed by atoms with Gasteiger partial charge in [0, 0.05) is 0 Å². The third-order valence-electron chi connectivity index (χ3n) is 2.35. The molecule has 3 heteroatoms. The number of para-hydroxylation sites is 1. The monoisotopic (exact) mass is 221 g/mol. The standard InChI is InChI=1S/C12H15NOS/c1-9(14)5-4-8-12-13-10-6-2-3-7-11(10)15-12/h2-3,6-7,9,14H,4-5,8H2,1H3/t9-/m1/s1. The number of aliphatic hydroxyl groups excluding tert-OH is 1. The zero-order valence-corrected chi connectivity index (χ0v) is 9.63. The van der Waals surface area contributed by atoms with E-state index in [0.29, 0.717) is 0 Å². The fraction of sp³-hybridized carbons (Fsp3) is 0.417. The van der Waals surface area contributed by atoms with Crippen LogP contribution in [0.2, 0.25) is 0 Å². The Morgan fingerprint density at radius 3 is 2.93 bits per heavy atom. The topological polar surface area (TPSA) is 33.1 Å². The van der Waals surface area contributed by atoms with Crippen molar-refractivity contribution >= 4 is 21.6 Å². The largest absolute Gasteiger partial charge is 0.393 e. The molecular formula is C12H15NOS. The first kappa shape index (κ1) is 10.6. The van der Waals surface area contributed by atoms with Crippen LogP contribution in [0.15, 0.2) is 24.3 Å². The lowest BCUT2D eigenvalue weighted by atomic mass is 10.2. The molecule has 0 unspecified atom stereocenters. The summed E-state index contributed by atoms with van der Waals surface area (Å²) < 4.78 is 1.25. The minimum Gasteiger partial charge on any atom is -0.393 e. The number of hydrogen-bond acceptors (Lipinski definition) is 3. The summed E-state index contributed by atoms with van der Waals surface area (Å²) >= 11 is 1.76. The molecule has 2 nitrogen and oxygen atoms in total. The molecule has 2 aromatic rings. The molecule has 0 amide bonds. The van der Waals surface area contributed by atoms with E-state index in [1.165, 1.54) is 9.71 Å². The molecule has 0 bridgehead atoms. The van der Waals surface area contributed by atoms with Crippen LogP contribution >= 0.6 is 11.3 Å². The van der Waals surface area contributed by atoms with Gasteiger partial charge in [-0.1, -0.05) is 12.1 Å². The zero-order chi connectivity index (χ0) is 10.7. The Morgan fingerprint density at radius 2 is 2.20 bits per heavy atom. The van der Waals surface area contributed by atoms with Gasteiger partial charge in [0.1, 0.15) is 0 Å². The van der Waals surface area contributed by atoms with Gasteiger partial charge in [-0.3, -0.25) is 0 Å². The average Bonchev–Trinajstić information content (AvgIpc) is 2.59. The number of aliphatic hydroxyl groups is 1. The van der Waals surface area contributed by atoms with Crippen molar-refractivity contribution in [2.75, 3.05) is 0 Å². The number of nitrogens with zero attached hydrogens (tertiary/aromatic N) is 1. The summed E-state index contributed by atoms with van der Waals surface area (Å²) in [5.74, 6) is 0. The predicted octanol–water partition coefficient (Wildman–Crippen LogP) is 3.00. The highest BCUT2D eigenvalue weighted by Crippen LogP contribution is 2.22. The highest BCUT2D eigenvalue weighted by molar-refractivity contribution is 7.18. The predicted molar refractivity (Wildman–Crippen MR) is 64.2 cm³/mol. The second-order valence-corrected chi connectivity index (χ2v) is 4.93.